The first-order chi connectivity index (χ1) is 6.15. The maximum Gasteiger partial charge on any atom is 0.103 e. The van der Waals surface area contributed by atoms with Gasteiger partial charge in [-0.2, -0.15) is 0 Å². The van der Waals surface area contributed by atoms with Crippen molar-refractivity contribution in [3.05, 3.63) is 59.1 Å². The summed E-state index contributed by atoms with van der Waals surface area (Å²) in [5.74, 6) is 0. The normalized spacial score (nSPS) is 12.2. The van der Waals surface area contributed by atoms with Crippen molar-refractivity contribution in [2.24, 2.45) is 0 Å². The van der Waals surface area contributed by atoms with Gasteiger partial charge in [0.2, 0.25) is 0 Å². The minimum absolute atomic E-state index is 0.609. The quantitative estimate of drug-likeness (QED) is 0.803. The summed E-state index contributed by atoms with van der Waals surface area (Å²) < 4.78 is 0.945. The van der Waals surface area contributed by atoms with Gasteiger partial charge in [0.05, 0.1) is 0 Å². The summed E-state index contributed by atoms with van der Waals surface area (Å²) in [6.07, 6.45) is 0.904. The standard InChI is InChI=1S/C11H11BrO/c1-3-8(2)11(13)9-5-4-6-10(12)7-9/h3-7,11,13H,1-2H2/t11-/m1/s1. The molecule has 0 amide bonds. The lowest BCUT2D eigenvalue weighted by atomic mass is 10.0. The summed E-state index contributed by atoms with van der Waals surface area (Å²) in [6, 6.07) is 7.50. The van der Waals surface area contributed by atoms with Gasteiger partial charge in [0.25, 0.3) is 0 Å². The van der Waals surface area contributed by atoms with Crippen LogP contribution >= 0.6 is 15.9 Å². The monoisotopic (exact) mass is 238 g/mol. The van der Waals surface area contributed by atoms with Crippen LogP contribution in [0.25, 0.3) is 0 Å². The van der Waals surface area contributed by atoms with Gasteiger partial charge in [-0.15, -0.1) is 0 Å². The van der Waals surface area contributed by atoms with Crippen LogP contribution < -0.4 is 0 Å². The first-order valence-electron chi connectivity index (χ1n) is 3.90. The van der Waals surface area contributed by atoms with E-state index in [1.165, 1.54) is 0 Å². The Bertz CT molecular complexity index is 331. The average molecular weight is 239 g/mol. The highest BCUT2D eigenvalue weighted by molar-refractivity contribution is 9.10. The van der Waals surface area contributed by atoms with E-state index in [1.54, 1.807) is 6.08 Å². The van der Waals surface area contributed by atoms with Crippen molar-refractivity contribution in [3.8, 4) is 0 Å². The van der Waals surface area contributed by atoms with E-state index in [1.807, 2.05) is 24.3 Å². The Hall–Kier alpha value is -0.860. The second-order valence-electron chi connectivity index (χ2n) is 2.74. The summed E-state index contributed by atoms with van der Waals surface area (Å²) in [5.41, 5.74) is 1.43. The minimum Gasteiger partial charge on any atom is -0.384 e. The molecule has 1 rings (SSSR count). The second-order valence-corrected chi connectivity index (χ2v) is 3.65. The Balaban J connectivity index is 2.94. The summed E-state index contributed by atoms with van der Waals surface area (Å²) in [5, 5.41) is 9.72. The van der Waals surface area contributed by atoms with Crippen molar-refractivity contribution in [2.75, 3.05) is 0 Å². The van der Waals surface area contributed by atoms with Crippen molar-refractivity contribution in [1.29, 1.82) is 0 Å². The molecular weight excluding hydrogens is 228 g/mol. The van der Waals surface area contributed by atoms with Crippen molar-refractivity contribution in [3.63, 3.8) is 0 Å². The molecule has 1 aromatic carbocycles. The van der Waals surface area contributed by atoms with E-state index in [0.29, 0.717) is 5.57 Å². The minimum atomic E-state index is -0.657. The Labute approximate surface area is 86.5 Å². The number of hydrogen-bond acceptors (Lipinski definition) is 1. The molecule has 2 heteroatoms. The molecule has 0 unspecified atom stereocenters. The Kier molecular flexibility index (Phi) is 3.46. The van der Waals surface area contributed by atoms with Gasteiger partial charge in [-0.3, -0.25) is 0 Å². The van der Waals surface area contributed by atoms with Crippen LogP contribution in [0.5, 0.6) is 0 Å². The summed E-state index contributed by atoms with van der Waals surface area (Å²) >= 11 is 3.33. The first-order valence-corrected chi connectivity index (χ1v) is 4.69. The molecule has 0 aliphatic heterocycles. The van der Waals surface area contributed by atoms with E-state index in [9.17, 15) is 5.11 Å². The second kappa shape index (κ2) is 4.40. The van der Waals surface area contributed by atoms with Gasteiger partial charge in [-0.05, 0) is 23.3 Å². The fourth-order valence-electron chi connectivity index (χ4n) is 1.00. The highest BCUT2D eigenvalue weighted by Gasteiger charge is 2.08. The van der Waals surface area contributed by atoms with Crippen LogP contribution in [0.2, 0.25) is 0 Å². The molecule has 0 bridgehead atoms. The molecule has 0 saturated heterocycles. The number of aliphatic hydroxyl groups excluding tert-OH is 1. The number of hydrogen-bond donors (Lipinski definition) is 1. The molecule has 13 heavy (non-hydrogen) atoms. The largest absolute Gasteiger partial charge is 0.384 e. The van der Waals surface area contributed by atoms with Crippen molar-refractivity contribution in [2.45, 2.75) is 6.10 Å². The SMILES string of the molecule is C=CC(=C)[C@@H](O)c1cccc(Br)c1. The van der Waals surface area contributed by atoms with Gasteiger partial charge in [0.15, 0.2) is 0 Å². The van der Waals surface area contributed by atoms with E-state index in [-0.39, 0.29) is 0 Å². The van der Waals surface area contributed by atoms with Gasteiger partial charge >= 0.3 is 0 Å². The molecule has 0 radical (unpaired) electrons. The number of rotatable bonds is 3. The summed E-state index contributed by atoms with van der Waals surface area (Å²) in [6.45, 7) is 7.25. The molecule has 0 saturated carbocycles. The molecule has 0 fully saturated rings. The van der Waals surface area contributed by atoms with Crippen molar-refractivity contribution >= 4 is 15.9 Å². The van der Waals surface area contributed by atoms with Gasteiger partial charge in [0, 0.05) is 4.47 Å². The molecule has 1 N–H and O–H groups in total. The van der Waals surface area contributed by atoms with Gasteiger partial charge < -0.3 is 5.11 Å². The third kappa shape index (κ3) is 2.54. The van der Waals surface area contributed by atoms with Crippen LogP contribution in [0.3, 0.4) is 0 Å². The summed E-state index contributed by atoms with van der Waals surface area (Å²) in [7, 11) is 0. The predicted octanol–water partition coefficient (Wildman–Crippen LogP) is 3.22. The van der Waals surface area contributed by atoms with Crippen LogP contribution in [-0.4, -0.2) is 5.11 Å². The van der Waals surface area contributed by atoms with E-state index in [0.717, 1.165) is 10.0 Å². The van der Waals surface area contributed by atoms with Gasteiger partial charge in [-0.25, -0.2) is 0 Å². The first kappa shape index (κ1) is 10.2. The number of halogens is 1. The van der Waals surface area contributed by atoms with Crippen molar-refractivity contribution < 1.29 is 5.11 Å². The highest BCUT2D eigenvalue weighted by Crippen LogP contribution is 2.23. The highest BCUT2D eigenvalue weighted by atomic mass is 79.9. The zero-order valence-electron chi connectivity index (χ0n) is 7.20. The smallest absolute Gasteiger partial charge is 0.103 e. The van der Waals surface area contributed by atoms with E-state index in [4.69, 9.17) is 0 Å². The topological polar surface area (TPSA) is 20.2 Å². The maximum absolute atomic E-state index is 9.72. The number of aliphatic hydroxyl groups is 1. The van der Waals surface area contributed by atoms with E-state index >= 15 is 0 Å². The zero-order chi connectivity index (χ0) is 9.84. The molecule has 68 valence electrons. The average Bonchev–Trinajstić information content (AvgIpc) is 2.15. The molecule has 1 nitrogen and oxygen atoms in total. The van der Waals surface area contributed by atoms with Crippen LogP contribution in [-0.2, 0) is 0 Å². The van der Waals surface area contributed by atoms with Crippen molar-refractivity contribution in [1.82, 2.24) is 0 Å². The Morgan fingerprint density at radius 2 is 2.23 bits per heavy atom. The fraction of sp³-hybridized carbons (Fsp3) is 0.0909. The lowest BCUT2D eigenvalue weighted by Gasteiger charge is -2.10. The molecule has 0 aliphatic carbocycles. The molecule has 0 aromatic heterocycles. The molecule has 0 heterocycles. The lowest BCUT2D eigenvalue weighted by Crippen LogP contribution is -1.97. The summed E-state index contributed by atoms with van der Waals surface area (Å²) in [4.78, 5) is 0. The third-order valence-electron chi connectivity index (χ3n) is 1.78. The molecule has 1 aromatic rings. The molecule has 1 atom stereocenters. The Morgan fingerprint density at radius 3 is 2.77 bits per heavy atom. The fourth-order valence-corrected chi connectivity index (χ4v) is 1.42. The molecular formula is C11H11BrO. The van der Waals surface area contributed by atoms with Crippen LogP contribution in [0.15, 0.2) is 53.5 Å². The van der Waals surface area contributed by atoms with Crippen LogP contribution in [0, 0.1) is 0 Å². The lowest BCUT2D eigenvalue weighted by molar-refractivity contribution is 0.220. The van der Waals surface area contributed by atoms with Gasteiger partial charge in [-0.1, -0.05) is 47.3 Å². The number of benzene rings is 1. The third-order valence-corrected chi connectivity index (χ3v) is 2.27. The Morgan fingerprint density at radius 1 is 1.54 bits per heavy atom. The van der Waals surface area contributed by atoms with E-state index in [2.05, 4.69) is 29.1 Å². The van der Waals surface area contributed by atoms with Gasteiger partial charge in [0.1, 0.15) is 6.10 Å². The van der Waals surface area contributed by atoms with E-state index < -0.39 is 6.10 Å². The van der Waals surface area contributed by atoms with Crippen LogP contribution in [0.1, 0.15) is 11.7 Å². The van der Waals surface area contributed by atoms with Crippen LogP contribution in [0.4, 0.5) is 0 Å². The molecule has 0 spiro atoms. The predicted molar refractivity (Wildman–Crippen MR) is 58.4 cm³/mol. The maximum atomic E-state index is 9.72. The molecule has 0 aliphatic rings. The zero-order valence-corrected chi connectivity index (χ0v) is 8.79.